The fourth-order valence-electron chi connectivity index (χ4n) is 2.99. The lowest BCUT2D eigenvalue weighted by atomic mass is 10.0. The van der Waals surface area contributed by atoms with Crippen molar-refractivity contribution < 1.29 is 14.6 Å². The number of likely N-dealkylation sites (tertiary alicyclic amines) is 1. The van der Waals surface area contributed by atoms with Gasteiger partial charge >= 0.3 is 0 Å². The van der Waals surface area contributed by atoms with E-state index in [0.717, 1.165) is 5.69 Å². The normalized spacial score (nSPS) is 20.2. The van der Waals surface area contributed by atoms with E-state index in [2.05, 4.69) is 9.97 Å². The number of aromatic nitrogens is 2. The van der Waals surface area contributed by atoms with Crippen LogP contribution in [0.5, 0.6) is 5.75 Å². The second kappa shape index (κ2) is 7.40. The number of carbonyl (C=O) groups excluding carboxylic acids is 1. The highest BCUT2D eigenvalue weighted by Gasteiger charge is 2.34. The standard InChI is InChI=1S/C18H21N3O3/c1-2-24-16-5-3-4-13(9-16)18(23)21-11-14(17(22)12-21)8-15-10-19-6-7-20-15/h3-7,9-10,14,17,22H,2,8,11-12H2,1H3. The van der Waals surface area contributed by atoms with Crippen LogP contribution in [0.25, 0.3) is 0 Å². The van der Waals surface area contributed by atoms with E-state index in [1.165, 1.54) is 0 Å². The molecule has 24 heavy (non-hydrogen) atoms. The smallest absolute Gasteiger partial charge is 0.254 e. The number of ether oxygens (including phenoxy) is 1. The molecule has 0 aliphatic carbocycles. The zero-order valence-electron chi connectivity index (χ0n) is 13.6. The van der Waals surface area contributed by atoms with Gasteiger partial charge in [0.15, 0.2) is 0 Å². The lowest BCUT2D eigenvalue weighted by molar-refractivity contribution is 0.0764. The summed E-state index contributed by atoms with van der Waals surface area (Å²) >= 11 is 0. The molecule has 126 valence electrons. The van der Waals surface area contributed by atoms with Crippen LogP contribution in [0.4, 0.5) is 0 Å². The van der Waals surface area contributed by atoms with Gasteiger partial charge in [0, 0.05) is 43.2 Å². The number of carbonyl (C=O) groups is 1. The third-order valence-corrected chi connectivity index (χ3v) is 4.17. The number of aliphatic hydroxyl groups excluding tert-OH is 1. The van der Waals surface area contributed by atoms with Crippen molar-refractivity contribution in [2.24, 2.45) is 5.92 Å². The Kier molecular flexibility index (Phi) is 5.05. The first kappa shape index (κ1) is 16.4. The summed E-state index contributed by atoms with van der Waals surface area (Å²) in [6.07, 6.45) is 5.01. The summed E-state index contributed by atoms with van der Waals surface area (Å²) in [7, 11) is 0. The predicted molar refractivity (Wildman–Crippen MR) is 88.7 cm³/mol. The van der Waals surface area contributed by atoms with Gasteiger partial charge in [-0.05, 0) is 31.5 Å². The average molecular weight is 327 g/mol. The zero-order chi connectivity index (χ0) is 16.9. The summed E-state index contributed by atoms with van der Waals surface area (Å²) < 4.78 is 5.45. The number of rotatable bonds is 5. The molecule has 1 saturated heterocycles. The van der Waals surface area contributed by atoms with E-state index >= 15 is 0 Å². The van der Waals surface area contributed by atoms with Crippen LogP contribution in [0.1, 0.15) is 23.0 Å². The van der Waals surface area contributed by atoms with E-state index in [1.54, 1.807) is 35.6 Å². The van der Waals surface area contributed by atoms with Crippen LogP contribution in [-0.2, 0) is 6.42 Å². The second-order valence-electron chi connectivity index (χ2n) is 5.90. The van der Waals surface area contributed by atoms with E-state index in [-0.39, 0.29) is 11.8 Å². The second-order valence-corrected chi connectivity index (χ2v) is 5.90. The molecule has 1 amide bonds. The summed E-state index contributed by atoms with van der Waals surface area (Å²) in [5.74, 6) is 0.567. The highest BCUT2D eigenvalue weighted by atomic mass is 16.5. The number of hydrogen-bond acceptors (Lipinski definition) is 5. The Morgan fingerprint density at radius 3 is 3.00 bits per heavy atom. The predicted octanol–water partition coefficient (Wildman–Crippen LogP) is 1.55. The fraction of sp³-hybridized carbons (Fsp3) is 0.389. The SMILES string of the molecule is CCOc1cccc(C(=O)N2CC(O)C(Cc3cnccn3)C2)c1. The van der Waals surface area contributed by atoms with E-state index in [4.69, 9.17) is 4.74 Å². The topological polar surface area (TPSA) is 75.5 Å². The number of amides is 1. The minimum atomic E-state index is -0.550. The summed E-state index contributed by atoms with van der Waals surface area (Å²) in [5, 5.41) is 10.3. The quantitative estimate of drug-likeness (QED) is 0.902. The molecule has 0 saturated carbocycles. The largest absolute Gasteiger partial charge is 0.494 e. The van der Waals surface area contributed by atoms with Crippen LogP contribution in [0, 0.1) is 5.92 Å². The highest BCUT2D eigenvalue weighted by Crippen LogP contribution is 2.23. The van der Waals surface area contributed by atoms with Crippen molar-refractivity contribution in [3.63, 3.8) is 0 Å². The van der Waals surface area contributed by atoms with Crippen LogP contribution in [-0.4, -0.2) is 51.7 Å². The number of nitrogens with zero attached hydrogens (tertiary/aromatic N) is 3. The Morgan fingerprint density at radius 1 is 1.38 bits per heavy atom. The average Bonchev–Trinajstić information content (AvgIpc) is 2.96. The van der Waals surface area contributed by atoms with Crippen LogP contribution in [0.3, 0.4) is 0 Å². The number of aliphatic hydroxyl groups is 1. The van der Waals surface area contributed by atoms with Crippen molar-refractivity contribution in [3.8, 4) is 5.75 Å². The minimum Gasteiger partial charge on any atom is -0.494 e. The molecule has 2 aromatic rings. The molecule has 6 heteroatoms. The number of benzene rings is 1. The van der Waals surface area contributed by atoms with Gasteiger partial charge in [-0.15, -0.1) is 0 Å². The van der Waals surface area contributed by atoms with E-state index < -0.39 is 6.10 Å². The monoisotopic (exact) mass is 327 g/mol. The zero-order valence-corrected chi connectivity index (χ0v) is 13.6. The Bertz CT molecular complexity index is 693. The molecule has 6 nitrogen and oxygen atoms in total. The van der Waals surface area contributed by atoms with Crippen molar-refractivity contribution in [1.29, 1.82) is 0 Å². The van der Waals surface area contributed by atoms with Gasteiger partial charge in [-0.3, -0.25) is 14.8 Å². The first-order valence-electron chi connectivity index (χ1n) is 8.12. The van der Waals surface area contributed by atoms with Gasteiger partial charge in [-0.2, -0.15) is 0 Å². The maximum atomic E-state index is 12.7. The number of β-amino-alcohol motifs (C(OH)–C–C–N with tert-alkyl or cyclic N) is 1. The molecule has 2 unspecified atom stereocenters. The Morgan fingerprint density at radius 2 is 2.25 bits per heavy atom. The van der Waals surface area contributed by atoms with Gasteiger partial charge in [0.25, 0.3) is 5.91 Å². The van der Waals surface area contributed by atoms with Crippen LogP contribution < -0.4 is 4.74 Å². The molecule has 2 heterocycles. The molecular weight excluding hydrogens is 306 g/mol. The third kappa shape index (κ3) is 3.71. The van der Waals surface area contributed by atoms with Crippen LogP contribution in [0.15, 0.2) is 42.9 Å². The Balaban J connectivity index is 1.67. The van der Waals surface area contributed by atoms with Crippen LogP contribution >= 0.6 is 0 Å². The molecule has 1 aliphatic heterocycles. The van der Waals surface area contributed by atoms with Gasteiger partial charge in [-0.1, -0.05) is 6.07 Å². The first-order valence-corrected chi connectivity index (χ1v) is 8.12. The third-order valence-electron chi connectivity index (χ3n) is 4.17. The van der Waals surface area contributed by atoms with Crippen molar-refractivity contribution in [2.75, 3.05) is 19.7 Å². The van der Waals surface area contributed by atoms with Gasteiger partial charge in [0.2, 0.25) is 0 Å². The van der Waals surface area contributed by atoms with Crippen molar-refractivity contribution in [1.82, 2.24) is 14.9 Å². The summed E-state index contributed by atoms with van der Waals surface area (Å²) in [6.45, 7) is 3.31. The molecule has 2 atom stereocenters. The molecule has 1 N–H and O–H groups in total. The van der Waals surface area contributed by atoms with Crippen molar-refractivity contribution >= 4 is 5.91 Å². The Labute approximate surface area is 141 Å². The highest BCUT2D eigenvalue weighted by molar-refractivity contribution is 5.94. The molecule has 1 aliphatic rings. The minimum absolute atomic E-state index is 0.0271. The van der Waals surface area contributed by atoms with Gasteiger partial charge in [0.1, 0.15) is 5.75 Å². The summed E-state index contributed by atoms with van der Waals surface area (Å²) in [4.78, 5) is 22.7. The van der Waals surface area contributed by atoms with E-state index in [0.29, 0.717) is 37.4 Å². The van der Waals surface area contributed by atoms with Gasteiger partial charge < -0.3 is 14.7 Å². The summed E-state index contributed by atoms with van der Waals surface area (Å²) in [5.41, 5.74) is 1.41. The van der Waals surface area contributed by atoms with Crippen molar-refractivity contribution in [2.45, 2.75) is 19.4 Å². The van der Waals surface area contributed by atoms with E-state index in [1.807, 2.05) is 19.1 Å². The molecule has 0 radical (unpaired) electrons. The molecule has 1 aromatic carbocycles. The van der Waals surface area contributed by atoms with Gasteiger partial charge in [0.05, 0.1) is 18.4 Å². The Hall–Kier alpha value is -2.47. The number of hydrogen-bond donors (Lipinski definition) is 1. The fourth-order valence-corrected chi connectivity index (χ4v) is 2.99. The lowest BCUT2D eigenvalue weighted by Crippen LogP contribution is -2.29. The molecule has 1 aromatic heterocycles. The molecule has 1 fully saturated rings. The molecule has 0 bridgehead atoms. The lowest BCUT2D eigenvalue weighted by Gasteiger charge is -2.16. The maximum absolute atomic E-state index is 12.7. The van der Waals surface area contributed by atoms with Crippen LogP contribution in [0.2, 0.25) is 0 Å². The molecule has 3 rings (SSSR count). The first-order chi connectivity index (χ1) is 11.7. The molecular formula is C18H21N3O3. The maximum Gasteiger partial charge on any atom is 0.254 e. The summed E-state index contributed by atoms with van der Waals surface area (Å²) in [6, 6.07) is 7.15. The van der Waals surface area contributed by atoms with E-state index in [9.17, 15) is 9.90 Å². The van der Waals surface area contributed by atoms with Crippen molar-refractivity contribution in [3.05, 3.63) is 54.1 Å². The molecule has 0 spiro atoms. The van der Waals surface area contributed by atoms with Gasteiger partial charge in [-0.25, -0.2) is 0 Å².